The van der Waals surface area contributed by atoms with Crippen LogP contribution >= 0.6 is 23.4 Å². The molecule has 1 N–H and O–H groups in total. The first-order valence-electron chi connectivity index (χ1n) is 10.9. The van der Waals surface area contributed by atoms with Crippen molar-refractivity contribution < 1.29 is 22.7 Å². The lowest BCUT2D eigenvalue weighted by molar-refractivity contribution is -0.207. The molecule has 4 rings (SSSR count). The maximum Gasteiger partial charge on any atom is 0.416 e. The second-order valence-corrected chi connectivity index (χ2v) is 9.31. The Balaban J connectivity index is 1.78. The van der Waals surface area contributed by atoms with E-state index in [0.717, 1.165) is 14.1 Å². The van der Waals surface area contributed by atoms with E-state index in [1.807, 2.05) is 18.4 Å². The number of benzene rings is 2. The summed E-state index contributed by atoms with van der Waals surface area (Å²) in [5.41, 5.74) is -0.0367. The zero-order valence-corrected chi connectivity index (χ0v) is 21.1. The van der Waals surface area contributed by atoms with Crippen LogP contribution in [0.25, 0.3) is 17.1 Å². The Morgan fingerprint density at radius 2 is 1.78 bits per heavy atom. The van der Waals surface area contributed by atoms with Crippen LogP contribution in [0.3, 0.4) is 0 Å². The zero-order valence-electron chi connectivity index (χ0n) is 19.5. The van der Waals surface area contributed by atoms with Gasteiger partial charge in [0.15, 0.2) is 29.7 Å². The number of halogens is 5. The van der Waals surface area contributed by atoms with Gasteiger partial charge >= 0.3 is 11.9 Å². The zero-order chi connectivity index (χ0) is 26.9. The monoisotopic (exact) mass is 556 g/mol. The molecule has 2 heterocycles. The van der Waals surface area contributed by atoms with Gasteiger partial charge in [0.1, 0.15) is 6.54 Å². The third kappa shape index (κ3) is 5.73. The second kappa shape index (κ2) is 10.7. The summed E-state index contributed by atoms with van der Waals surface area (Å²) in [6.45, 7) is -0.122. The van der Waals surface area contributed by atoms with E-state index in [2.05, 4.69) is 15.2 Å². The van der Waals surface area contributed by atoms with E-state index in [0.29, 0.717) is 16.3 Å². The summed E-state index contributed by atoms with van der Waals surface area (Å²) >= 11 is 7.34. The van der Waals surface area contributed by atoms with Gasteiger partial charge in [0.25, 0.3) is 0 Å². The van der Waals surface area contributed by atoms with E-state index in [-0.39, 0.29) is 24.0 Å². The van der Waals surface area contributed by atoms with Crippen LogP contribution in [0.15, 0.2) is 58.2 Å². The molecule has 196 valence electrons. The maximum atomic E-state index is 14.5. The summed E-state index contributed by atoms with van der Waals surface area (Å²) in [4.78, 5) is 18.2. The number of thioether (sulfide) groups is 1. The Labute approximate surface area is 217 Å². The molecule has 2 atom stereocenters. The Kier molecular flexibility index (Phi) is 7.76. The number of aliphatic hydroxyl groups excluding tert-OH is 1. The number of aromatic nitrogens is 6. The predicted octanol–water partition coefficient (Wildman–Crippen LogP) is 4.67. The molecule has 8 nitrogen and oxygen atoms in total. The van der Waals surface area contributed by atoms with Crippen molar-refractivity contribution in [2.75, 3.05) is 6.26 Å². The van der Waals surface area contributed by atoms with Crippen molar-refractivity contribution in [3.05, 3.63) is 75.7 Å². The summed E-state index contributed by atoms with van der Waals surface area (Å²) in [6.07, 6.45) is -7.39. The van der Waals surface area contributed by atoms with Gasteiger partial charge in [0.2, 0.25) is 0 Å². The van der Waals surface area contributed by atoms with Gasteiger partial charge in [-0.3, -0.25) is 4.57 Å². The van der Waals surface area contributed by atoms with Gasteiger partial charge in [-0.2, -0.15) is 13.2 Å². The van der Waals surface area contributed by atoms with Crippen molar-refractivity contribution in [2.45, 2.75) is 43.4 Å². The normalized spacial score (nSPS) is 13.6. The molecule has 0 aliphatic carbocycles. The summed E-state index contributed by atoms with van der Waals surface area (Å²) < 4.78 is 56.6. The number of nitrogens with zero attached hydrogens (tertiary/aromatic N) is 6. The van der Waals surface area contributed by atoms with Crippen LogP contribution in [0, 0.1) is 0 Å². The average molecular weight is 557 g/mol. The van der Waals surface area contributed by atoms with Crippen molar-refractivity contribution in [3.63, 3.8) is 0 Å². The first-order valence-corrected chi connectivity index (χ1v) is 12.5. The summed E-state index contributed by atoms with van der Waals surface area (Å²) in [6, 6.07) is 13.1. The van der Waals surface area contributed by atoms with Gasteiger partial charge < -0.3 is 5.11 Å². The summed E-state index contributed by atoms with van der Waals surface area (Å²) in [5, 5.41) is 18.6. The fourth-order valence-corrected chi connectivity index (χ4v) is 4.31. The number of rotatable bonds is 8. The lowest BCUT2D eigenvalue weighted by Crippen LogP contribution is -2.37. The van der Waals surface area contributed by atoms with E-state index in [9.17, 15) is 27.5 Å². The van der Waals surface area contributed by atoms with Crippen molar-refractivity contribution in [1.82, 2.24) is 29.1 Å². The molecule has 2 aromatic carbocycles. The van der Waals surface area contributed by atoms with Crippen molar-refractivity contribution >= 4 is 23.4 Å². The van der Waals surface area contributed by atoms with Gasteiger partial charge in [-0.15, -0.1) is 22.0 Å². The maximum absolute atomic E-state index is 14.5. The van der Waals surface area contributed by atoms with Gasteiger partial charge in [-0.25, -0.2) is 23.5 Å². The Hall–Kier alpha value is -3.16. The highest BCUT2D eigenvalue weighted by molar-refractivity contribution is 7.98. The number of aliphatic hydroxyl groups is 1. The fourth-order valence-electron chi connectivity index (χ4n) is 3.61. The van der Waals surface area contributed by atoms with Gasteiger partial charge in [-0.1, -0.05) is 23.7 Å². The van der Waals surface area contributed by atoms with E-state index in [4.69, 9.17) is 11.6 Å². The fraction of sp³-hybridized carbons (Fsp3) is 0.304. The molecule has 0 saturated carbocycles. The Morgan fingerprint density at radius 1 is 1.11 bits per heavy atom. The minimum absolute atomic E-state index is 0.00519. The van der Waals surface area contributed by atoms with Gasteiger partial charge in [-0.05, 0) is 49.6 Å². The average Bonchev–Trinajstić information content (AvgIpc) is 3.41. The smallest absolute Gasteiger partial charge is 0.382 e. The third-order valence-electron chi connectivity index (χ3n) is 5.39. The first kappa shape index (κ1) is 26.9. The Bertz CT molecular complexity index is 1450. The van der Waals surface area contributed by atoms with E-state index >= 15 is 0 Å². The van der Waals surface area contributed by atoms with E-state index in [1.165, 1.54) is 47.6 Å². The van der Waals surface area contributed by atoms with E-state index < -0.39 is 30.7 Å². The minimum atomic E-state index is -4.95. The largest absolute Gasteiger partial charge is 0.416 e. The molecule has 0 saturated heterocycles. The highest BCUT2D eigenvalue weighted by Gasteiger charge is 2.39. The van der Waals surface area contributed by atoms with Crippen LogP contribution in [-0.2, 0) is 13.1 Å². The highest BCUT2D eigenvalue weighted by atomic mass is 35.5. The topological polar surface area (TPSA) is 90.8 Å². The molecule has 0 amide bonds. The lowest BCUT2D eigenvalue weighted by atomic mass is 10.2. The molecular formula is C23H21ClF4N6O2S. The first-order chi connectivity index (χ1) is 17.5. The number of para-hydroxylation sites is 1. The number of hydrogen-bond acceptors (Lipinski definition) is 6. The predicted molar refractivity (Wildman–Crippen MR) is 131 cm³/mol. The van der Waals surface area contributed by atoms with Crippen LogP contribution in [-0.4, -0.2) is 52.8 Å². The van der Waals surface area contributed by atoms with Crippen molar-refractivity contribution in [2.24, 2.45) is 0 Å². The van der Waals surface area contributed by atoms with Crippen LogP contribution in [0.5, 0.6) is 0 Å². The van der Waals surface area contributed by atoms with Crippen molar-refractivity contribution in [3.8, 4) is 17.1 Å². The molecule has 0 aliphatic rings. The van der Waals surface area contributed by atoms with E-state index in [1.54, 1.807) is 12.1 Å². The third-order valence-corrected chi connectivity index (χ3v) is 6.43. The quantitative estimate of drug-likeness (QED) is 0.251. The molecule has 2 aromatic heterocycles. The van der Waals surface area contributed by atoms with Crippen LogP contribution in [0.2, 0.25) is 5.02 Å². The second-order valence-electron chi connectivity index (χ2n) is 8.02. The molecule has 0 bridgehead atoms. The van der Waals surface area contributed by atoms with Gasteiger partial charge in [0, 0.05) is 15.5 Å². The molecule has 0 fully saturated rings. The minimum Gasteiger partial charge on any atom is -0.382 e. The van der Waals surface area contributed by atoms with Crippen LogP contribution in [0.4, 0.5) is 17.6 Å². The number of hydrogen-bond donors (Lipinski definition) is 1. The summed E-state index contributed by atoms with van der Waals surface area (Å²) in [5.74, 6) is -0.0909. The van der Waals surface area contributed by atoms with Crippen molar-refractivity contribution in [1.29, 1.82) is 0 Å². The van der Waals surface area contributed by atoms with Crippen LogP contribution in [0.1, 0.15) is 24.7 Å². The molecule has 0 radical (unpaired) electrons. The SMILES string of the molecule is CSc1ccccc1-n1nc(Cn2nc(-c3ccc(Cl)cc3)n(C[C@H](O)C(F)(F)F)c2=O)nc1C(C)F. The number of alkyl halides is 4. The highest BCUT2D eigenvalue weighted by Crippen LogP contribution is 2.27. The molecule has 1 unspecified atom stereocenters. The molecular weight excluding hydrogens is 536 g/mol. The standard InChI is InChI=1S/C23H21ClF4N6O2S/c1-13(25)20-29-19(30-34(20)16-5-3-4-6-17(16)37-2)12-33-22(36)32(11-18(35)23(26,27)28)21(31-33)14-7-9-15(24)10-8-14/h3-10,13,18,35H,11-12H2,1-2H3/t13?,18-/m0/s1. The molecule has 14 heteroatoms. The molecule has 0 spiro atoms. The Morgan fingerprint density at radius 3 is 2.41 bits per heavy atom. The molecule has 37 heavy (non-hydrogen) atoms. The summed E-state index contributed by atoms with van der Waals surface area (Å²) in [7, 11) is 0. The van der Waals surface area contributed by atoms with Crippen LogP contribution < -0.4 is 5.69 Å². The molecule has 0 aliphatic heterocycles. The molecule has 4 aromatic rings. The van der Waals surface area contributed by atoms with Gasteiger partial charge in [0.05, 0.1) is 12.2 Å². The lowest BCUT2D eigenvalue weighted by Gasteiger charge is -2.15.